The van der Waals surface area contributed by atoms with E-state index in [-0.39, 0.29) is 0 Å². The van der Waals surface area contributed by atoms with Crippen molar-refractivity contribution >= 4 is 17.1 Å². The molecule has 1 nitrogen and oxygen atoms in total. The Balaban J connectivity index is 1.25. The molecular formula is C68H47N. The van der Waals surface area contributed by atoms with Crippen molar-refractivity contribution in [3.63, 3.8) is 0 Å². The zero-order valence-corrected chi connectivity index (χ0v) is 38.1. The van der Waals surface area contributed by atoms with Crippen molar-refractivity contribution in [3.8, 4) is 44.5 Å². The van der Waals surface area contributed by atoms with Gasteiger partial charge in [-0.15, -0.1) is 0 Å². The molecule has 0 aliphatic heterocycles. The standard InChI is InChI=1S/C68H47N/c1-8-24-48(25-9-1)50-40-43-57(44-41-50)69(56-36-20-7-21-37-56)66-64-58-38-22-23-39-60(58)67(52-28-12-3-13-29-52,53-30-14-4-15-31-53)62(64)47-63-65(66)59-45-42-51(49-26-10-2-11-27-49)46-61(59)68(63,54-32-16-5-17-33-54)55-34-18-6-19-35-55/h1-47H. The van der Waals surface area contributed by atoms with E-state index >= 15 is 0 Å². The Hall–Kier alpha value is -8.78. The van der Waals surface area contributed by atoms with E-state index in [4.69, 9.17) is 0 Å². The number of rotatable bonds is 9. The Morgan fingerprint density at radius 2 is 0.580 bits per heavy atom. The number of hydrogen-bond acceptors (Lipinski definition) is 1. The summed E-state index contributed by atoms with van der Waals surface area (Å²) in [6.07, 6.45) is 0. The van der Waals surface area contributed by atoms with Crippen LogP contribution in [0.1, 0.15) is 44.5 Å². The zero-order chi connectivity index (χ0) is 45.8. The van der Waals surface area contributed by atoms with Crippen LogP contribution in [0.25, 0.3) is 44.5 Å². The summed E-state index contributed by atoms with van der Waals surface area (Å²) in [4.78, 5) is 2.57. The van der Waals surface area contributed by atoms with Crippen LogP contribution in [0.3, 0.4) is 0 Å². The Labute approximate surface area is 404 Å². The van der Waals surface area contributed by atoms with Gasteiger partial charge in [-0.1, -0.05) is 255 Å². The lowest BCUT2D eigenvalue weighted by molar-refractivity contribution is 0.744. The topological polar surface area (TPSA) is 3.24 Å². The summed E-state index contributed by atoms with van der Waals surface area (Å²) in [5.74, 6) is 0. The highest BCUT2D eigenvalue weighted by Crippen LogP contribution is 2.67. The summed E-state index contributed by atoms with van der Waals surface area (Å²) in [5, 5.41) is 0. The van der Waals surface area contributed by atoms with Gasteiger partial charge in [0.05, 0.1) is 16.5 Å². The number of hydrogen-bond donors (Lipinski definition) is 0. The zero-order valence-electron chi connectivity index (χ0n) is 38.1. The summed E-state index contributed by atoms with van der Waals surface area (Å²) in [6.45, 7) is 0. The minimum Gasteiger partial charge on any atom is -0.309 e. The number of nitrogens with zero attached hydrogens (tertiary/aromatic N) is 1. The largest absolute Gasteiger partial charge is 0.309 e. The second-order valence-corrected chi connectivity index (χ2v) is 18.3. The van der Waals surface area contributed by atoms with Gasteiger partial charge in [0.15, 0.2) is 0 Å². The molecule has 0 saturated carbocycles. The second kappa shape index (κ2) is 16.5. The molecule has 13 rings (SSSR count). The van der Waals surface area contributed by atoms with Gasteiger partial charge in [0.25, 0.3) is 0 Å². The molecule has 0 unspecified atom stereocenters. The third-order valence-corrected chi connectivity index (χ3v) is 14.8. The lowest BCUT2D eigenvalue weighted by Gasteiger charge is -2.38. The molecule has 0 atom stereocenters. The summed E-state index contributed by atoms with van der Waals surface area (Å²) < 4.78 is 0. The van der Waals surface area contributed by atoms with Crippen molar-refractivity contribution in [1.29, 1.82) is 0 Å². The van der Waals surface area contributed by atoms with E-state index < -0.39 is 10.8 Å². The number of para-hydroxylation sites is 1. The van der Waals surface area contributed by atoms with E-state index in [0.29, 0.717) is 0 Å². The highest BCUT2D eigenvalue weighted by atomic mass is 15.1. The van der Waals surface area contributed by atoms with E-state index in [0.717, 1.165) is 11.4 Å². The molecule has 0 saturated heterocycles. The summed E-state index contributed by atoms with van der Waals surface area (Å²) in [5.41, 5.74) is 21.7. The van der Waals surface area contributed by atoms with Crippen LogP contribution in [0.4, 0.5) is 17.1 Å². The minimum atomic E-state index is -0.713. The van der Waals surface area contributed by atoms with Gasteiger partial charge in [-0.2, -0.15) is 0 Å². The highest BCUT2D eigenvalue weighted by molar-refractivity contribution is 6.08. The van der Waals surface area contributed by atoms with Crippen LogP contribution < -0.4 is 4.90 Å². The van der Waals surface area contributed by atoms with Gasteiger partial charge >= 0.3 is 0 Å². The van der Waals surface area contributed by atoms with Gasteiger partial charge in [-0.05, 0) is 108 Å². The van der Waals surface area contributed by atoms with Crippen molar-refractivity contribution in [2.45, 2.75) is 10.8 Å². The quantitative estimate of drug-likeness (QED) is 0.140. The van der Waals surface area contributed by atoms with E-state index in [1.807, 2.05) is 0 Å². The Morgan fingerprint density at radius 1 is 0.232 bits per heavy atom. The molecule has 69 heavy (non-hydrogen) atoms. The number of benzene rings is 11. The summed E-state index contributed by atoms with van der Waals surface area (Å²) >= 11 is 0. The average molecular weight is 878 g/mol. The third kappa shape index (κ3) is 6.17. The Kier molecular flexibility index (Phi) is 9.70. The van der Waals surface area contributed by atoms with Gasteiger partial charge in [-0.3, -0.25) is 0 Å². The van der Waals surface area contributed by atoms with E-state index in [1.54, 1.807) is 0 Å². The first-order chi connectivity index (χ1) is 34.3. The molecule has 11 aromatic rings. The molecule has 0 fully saturated rings. The first kappa shape index (κ1) is 40.5. The monoisotopic (exact) mass is 877 g/mol. The smallest absolute Gasteiger partial charge is 0.0714 e. The molecule has 2 aliphatic carbocycles. The molecule has 1 heteroatoms. The van der Waals surface area contributed by atoms with Crippen LogP contribution in [0.15, 0.2) is 285 Å². The molecule has 0 aromatic heterocycles. The fourth-order valence-corrected chi connectivity index (χ4v) is 12.0. The molecule has 2 aliphatic rings. The molecule has 11 aromatic carbocycles. The van der Waals surface area contributed by atoms with Crippen LogP contribution >= 0.6 is 0 Å². The molecular weight excluding hydrogens is 831 g/mol. The number of anilines is 3. The van der Waals surface area contributed by atoms with Gasteiger partial charge in [0.2, 0.25) is 0 Å². The minimum absolute atomic E-state index is 0.666. The number of fused-ring (bicyclic) bond motifs is 6. The second-order valence-electron chi connectivity index (χ2n) is 18.3. The predicted octanol–water partition coefficient (Wildman–Crippen LogP) is 17.2. The lowest BCUT2D eigenvalue weighted by Crippen LogP contribution is -2.31. The average Bonchev–Trinajstić information content (AvgIpc) is 3.91. The first-order valence-corrected chi connectivity index (χ1v) is 24.0. The molecule has 0 amide bonds. The van der Waals surface area contributed by atoms with Crippen molar-refractivity contribution in [2.75, 3.05) is 4.90 Å². The maximum Gasteiger partial charge on any atom is 0.0714 e. The SMILES string of the molecule is c1ccc(-c2ccc(N(c3ccccc3)c3c4c(cc5c3-c3ccc(-c6ccccc6)cc3C5(c3ccccc3)c3ccccc3)C(c3ccccc3)(c3ccccc3)c3ccccc3-4)cc2)cc1. The summed E-state index contributed by atoms with van der Waals surface area (Å²) in [7, 11) is 0. The van der Waals surface area contributed by atoms with Gasteiger partial charge in [0.1, 0.15) is 0 Å². The van der Waals surface area contributed by atoms with Gasteiger partial charge in [0, 0.05) is 22.5 Å². The van der Waals surface area contributed by atoms with Crippen LogP contribution in [0.2, 0.25) is 0 Å². The highest BCUT2D eigenvalue weighted by Gasteiger charge is 2.54. The fourth-order valence-electron chi connectivity index (χ4n) is 12.0. The molecule has 0 N–H and O–H groups in total. The van der Waals surface area contributed by atoms with Crippen molar-refractivity contribution in [1.82, 2.24) is 0 Å². The van der Waals surface area contributed by atoms with Crippen LogP contribution in [0.5, 0.6) is 0 Å². The Morgan fingerprint density at radius 3 is 1.07 bits per heavy atom. The Bertz CT molecular complexity index is 3530. The van der Waals surface area contributed by atoms with E-state index in [1.165, 1.54) is 94.7 Å². The predicted molar refractivity (Wildman–Crippen MR) is 287 cm³/mol. The first-order valence-electron chi connectivity index (χ1n) is 24.0. The van der Waals surface area contributed by atoms with Crippen molar-refractivity contribution < 1.29 is 0 Å². The maximum absolute atomic E-state index is 2.64. The van der Waals surface area contributed by atoms with E-state index in [2.05, 4.69) is 290 Å². The molecule has 0 radical (unpaired) electrons. The summed E-state index contributed by atoms with van der Waals surface area (Å²) in [6, 6.07) is 106. The van der Waals surface area contributed by atoms with Crippen molar-refractivity contribution in [2.24, 2.45) is 0 Å². The molecule has 0 bridgehead atoms. The molecule has 0 spiro atoms. The van der Waals surface area contributed by atoms with Crippen molar-refractivity contribution in [3.05, 3.63) is 330 Å². The van der Waals surface area contributed by atoms with E-state index in [9.17, 15) is 0 Å². The maximum atomic E-state index is 2.64. The molecule has 0 heterocycles. The lowest BCUT2D eigenvalue weighted by atomic mass is 9.64. The fraction of sp³-hybridized carbons (Fsp3) is 0.0294. The van der Waals surface area contributed by atoms with Crippen LogP contribution in [-0.2, 0) is 10.8 Å². The van der Waals surface area contributed by atoms with Gasteiger partial charge in [-0.25, -0.2) is 0 Å². The van der Waals surface area contributed by atoms with Crippen LogP contribution in [0, 0.1) is 0 Å². The molecule has 324 valence electrons. The third-order valence-electron chi connectivity index (χ3n) is 14.8. The normalized spacial score (nSPS) is 13.4. The van der Waals surface area contributed by atoms with Crippen LogP contribution in [-0.4, -0.2) is 0 Å². The van der Waals surface area contributed by atoms with Gasteiger partial charge < -0.3 is 4.90 Å².